The zero-order valence-corrected chi connectivity index (χ0v) is 12.1. The molecular weight excluding hydrogens is 422 g/mol. The maximum atomic E-state index is 2.60. The van der Waals surface area contributed by atoms with Crippen molar-refractivity contribution in [2.45, 2.75) is 0 Å². The molecule has 70 valence electrons. The van der Waals surface area contributed by atoms with Crippen molar-refractivity contribution < 1.29 is 0 Å². The van der Waals surface area contributed by atoms with Crippen LogP contribution >= 0.6 is 45.2 Å². The van der Waals surface area contributed by atoms with Gasteiger partial charge < -0.3 is 0 Å². The van der Waals surface area contributed by atoms with E-state index in [0.717, 1.165) is 0 Å². The van der Waals surface area contributed by atoms with Gasteiger partial charge in [0.15, 0.2) is 0 Å². The fourth-order valence-electron chi connectivity index (χ4n) is 0.360. The van der Waals surface area contributed by atoms with Crippen molar-refractivity contribution in [2.24, 2.45) is 0 Å². The predicted octanol–water partition coefficient (Wildman–Crippen LogP) is 1.80. The molecule has 0 bridgehead atoms. The van der Waals surface area contributed by atoms with E-state index in [1.54, 1.807) is 0 Å². The molecule has 2 heteroatoms. The quantitative estimate of drug-likeness (QED) is 0.413. The average molecular weight is 422 g/mol. The van der Waals surface area contributed by atoms with Crippen LogP contribution in [0.1, 0.15) is 0 Å². The highest BCUT2D eigenvalue weighted by atomic mass is 127. The van der Waals surface area contributed by atoms with Crippen LogP contribution in [0.5, 0.6) is 0 Å². The monoisotopic (exact) mass is 422 g/mol. The summed E-state index contributed by atoms with van der Waals surface area (Å²) in [5, 5.41) is 0. The van der Waals surface area contributed by atoms with E-state index in [9.17, 15) is 0 Å². The molecule has 0 nitrogen and oxygen atoms in total. The van der Waals surface area contributed by atoms with E-state index in [1.165, 1.54) is 0 Å². The highest BCUT2D eigenvalue weighted by molar-refractivity contribution is 14.1. The Hall–Kier alpha value is -1.62. The Labute approximate surface area is 123 Å². The minimum Gasteiger partial charge on any atom is -0.0162 e. The average Bonchev–Trinajstić information content (AvgIpc) is 2.31. The van der Waals surface area contributed by atoms with E-state index in [0.29, 0.717) is 0 Å². The minimum atomic E-state index is 1.90. The normalized spacial score (nSPS) is 3.88. The number of hydrogen-bond acceptors (Lipinski definition) is 0. The Bertz CT molecular complexity index is 602. The first kappa shape index (κ1) is 14.4. The second-order valence-electron chi connectivity index (χ2n) is 1.69. The molecule has 0 aliphatic carbocycles. The number of halogens is 2. The van der Waals surface area contributed by atoms with Gasteiger partial charge in [-0.25, -0.2) is 0 Å². The van der Waals surface area contributed by atoms with E-state index in [1.807, 2.05) is 45.2 Å². The molecule has 0 heterocycles. The zero-order valence-electron chi connectivity index (χ0n) is 7.76. The van der Waals surface area contributed by atoms with Crippen molar-refractivity contribution in [3.8, 4) is 78.9 Å². The SMILES string of the molecule is IC#CC#CC#CC#CC#CC#CC#CI. The van der Waals surface area contributed by atoms with Gasteiger partial charge in [0.2, 0.25) is 0 Å². The van der Waals surface area contributed by atoms with Crippen LogP contribution in [0.25, 0.3) is 0 Å². The smallest absolute Gasteiger partial charge is 0.0162 e. The molecule has 0 atom stereocenters. The van der Waals surface area contributed by atoms with Crippen LogP contribution in [0.15, 0.2) is 0 Å². The van der Waals surface area contributed by atoms with Gasteiger partial charge in [-0.15, -0.1) is 0 Å². The van der Waals surface area contributed by atoms with Gasteiger partial charge in [-0.1, -0.05) is 0 Å². The summed E-state index contributed by atoms with van der Waals surface area (Å²) in [7, 11) is 0. The Kier molecular flexibility index (Phi) is 12.0. The van der Waals surface area contributed by atoms with Crippen molar-refractivity contribution >= 4 is 45.2 Å². The molecule has 0 aliphatic rings. The molecule has 0 saturated carbocycles. The van der Waals surface area contributed by atoms with Crippen molar-refractivity contribution in [1.82, 2.24) is 0 Å². The van der Waals surface area contributed by atoms with Crippen molar-refractivity contribution in [3.05, 3.63) is 0 Å². The summed E-state index contributed by atoms with van der Waals surface area (Å²) in [5.74, 6) is 30.2. The highest BCUT2D eigenvalue weighted by Crippen LogP contribution is 1.67. The summed E-state index contributed by atoms with van der Waals surface area (Å²) in [4.78, 5) is 0. The lowest BCUT2D eigenvalue weighted by Crippen LogP contribution is -1.55. The number of rotatable bonds is 0. The van der Waals surface area contributed by atoms with E-state index < -0.39 is 0 Å². The minimum absolute atomic E-state index is 1.90. The van der Waals surface area contributed by atoms with Gasteiger partial charge in [-0.05, 0) is 78.9 Å². The standard InChI is InChI=1S/C14I2/c15-13-11-9-7-5-3-1-2-4-6-8-10-12-14-16. The van der Waals surface area contributed by atoms with Crippen LogP contribution in [0.2, 0.25) is 0 Å². The second-order valence-corrected chi connectivity index (χ2v) is 2.77. The summed E-state index contributed by atoms with van der Waals surface area (Å²) in [6.07, 6.45) is 0. The van der Waals surface area contributed by atoms with Crippen LogP contribution in [-0.4, -0.2) is 0 Å². The Morgan fingerprint density at radius 1 is 0.312 bits per heavy atom. The summed E-state index contributed by atoms with van der Waals surface area (Å²) in [5.41, 5.74) is 0. The summed E-state index contributed by atoms with van der Waals surface area (Å²) >= 11 is 3.80. The van der Waals surface area contributed by atoms with Gasteiger partial charge in [0, 0.05) is 45.2 Å². The van der Waals surface area contributed by atoms with Crippen molar-refractivity contribution in [2.75, 3.05) is 0 Å². The Morgan fingerprint density at radius 2 is 0.500 bits per heavy atom. The molecule has 0 aromatic heterocycles. The van der Waals surface area contributed by atoms with Crippen LogP contribution < -0.4 is 0 Å². The van der Waals surface area contributed by atoms with Crippen molar-refractivity contribution in [3.63, 3.8) is 0 Å². The molecule has 0 amide bonds. The maximum Gasteiger partial charge on any atom is 0.0192 e. The third kappa shape index (κ3) is 12.4. The molecule has 0 saturated heterocycles. The van der Waals surface area contributed by atoms with Gasteiger partial charge >= 0.3 is 0 Å². The van der Waals surface area contributed by atoms with Gasteiger partial charge in [0.05, 0.1) is 0 Å². The van der Waals surface area contributed by atoms with E-state index >= 15 is 0 Å². The molecule has 0 aromatic carbocycles. The topological polar surface area (TPSA) is 0 Å². The summed E-state index contributed by atoms with van der Waals surface area (Å²) in [6.45, 7) is 0. The first-order valence-electron chi connectivity index (χ1n) is 3.63. The van der Waals surface area contributed by atoms with E-state index in [2.05, 4.69) is 78.9 Å². The molecule has 0 aliphatic heterocycles. The molecule has 0 unspecified atom stereocenters. The Morgan fingerprint density at radius 3 is 0.688 bits per heavy atom. The van der Waals surface area contributed by atoms with E-state index in [4.69, 9.17) is 0 Å². The highest BCUT2D eigenvalue weighted by Gasteiger charge is 1.56. The van der Waals surface area contributed by atoms with Gasteiger partial charge in [-0.3, -0.25) is 0 Å². The van der Waals surface area contributed by atoms with E-state index in [-0.39, 0.29) is 0 Å². The lowest BCUT2D eigenvalue weighted by Gasteiger charge is -1.55. The van der Waals surface area contributed by atoms with Crippen molar-refractivity contribution in [1.29, 1.82) is 0 Å². The fraction of sp³-hybridized carbons (Fsp3) is 0. The maximum absolute atomic E-state index is 2.60. The third-order valence-electron chi connectivity index (χ3n) is 0.782. The summed E-state index contributed by atoms with van der Waals surface area (Å²) in [6, 6.07) is 0. The van der Waals surface area contributed by atoms with Crippen LogP contribution in [0, 0.1) is 78.9 Å². The second kappa shape index (κ2) is 13.4. The largest absolute Gasteiger partial charge is 0.0192 e. The van der Waals surface area contributed by atoms with Crippen LogP contribution in [-0.2, 0) is 0 Å². The molecule has 0 spiro atoms. The molecule has 0 aromatic rings. The molecule has 0 rings (SSSR count). The van der Waals surface area contributed by atoms with Gasteiger partial charge in [0.25, 0.3) is 0 Å². The molecule has 0 fully saturated rings. The molecule has 0 radical (unpaired) electrons. The lowest BCUT2D eigenvalue weighted by atomic mass is 10.5. The van der Waals surface area contributed by atoms with Crippen LogP contribution in [0.3, 0.4) is 0 Å². The third-order valence-corrected chi connectivity index (χ3v) is 1.32. The molecule has 0 N–H and O–H groups in total. The molecule has 16 heavy (non-hydrogen) atoms. The lowest BCUT2D eigenvalue weighted by molar-refractivity contribution is 2.34. The fourth-order valence-corrected chi connectivity index (χ4v) is 0.629. The Balaban J connectivity index is 4.23. The predicted molar refractivity (Wildman–Crippen MR) is 82.5 cm³/mol. The number of hydrogen-bond donors (Lipinski definition) is 0. The van der Waals surface area contributed by atoms with Gasteiger partial charge in [0.1, 0.15) is 0 Å². The van der Waals surface area contributed by atoms with Crippen LogP contribution in [0.4, 0.5) is 0 Å². The first-order valence-corrected chi connectivity index (χ1v) is 5.79. The molecular formula is C14I2. The first-order chi connectivity index (χ1) is 7.91. The van der Waals surface area contributed by atoms with Gasteiger partial charge in [-0.2, -0.15) is 0 Å². The zero-order chi connectivity index (χ0) is 11.9. The summed E-state index contributed by atoms with van der Waals surface area (Å²) < 4.78 is 5.19.